The molecule has 2 atom stereocenters. The Balaban J connectivity index is 0.00000368. The maximum atomic E-state index is 13.6. The van der Waals surface area contributed by atoms with Crippen molar-refractivity contribution in [1.29, 1.82) is 0 Å². The average Bonchev–Trinajstić information content (AvgIpc) is 3.64. The molecule has 0 bridgehead atoms. The quantitative estimate of drug-likeness (QED) is 0.224. The number of halogens is 1. The van der Waals surface area contributed by atoms with Crippen LogP contribution in [-0.2, 0) is 9.53 Å². The summed E-state index contributed by atoms with van der Waals surface area (Å²) in [6.45, 7) is 3.82. The highest BCUT2D eigenvalue weighted by Crippen LogP contribution is 2.37. The molecule has 0 saturated heterocycles. The van der Waals surface area contributed by atoms with Crippen molar-refractivity contribution in [1.82, 2.24) is 40.2 Å². The van der Waals surface area contributed by atoms with Gasteiger partial charge in [-0.2, -0.15) is 23.7 Å². The molecule has 0 fully saturated rings. The summed E-state index contributed by atoms with van der Waals surface area (Å²) in [6, 6.07) is 11.0. The van der Waals surface area contributed by atoms with Crippen molar-refractivity contribution in [2.24, 2.45) is 0 Å². The number of nitrogens with zero attached hydrogens (tertiary/aromatic N) is 6. The number of aromatic nitrogens is 7. The van der Waals surface area contributed by atoms with Crippen LogP contribution in [0.15, 0.2) is 67.3 Å². The predicted molar refractivity (Wildman–Crippen MR) is 166 cm³/mol. The molecular formula is C30H32FN9O2S. The minimum absolute atomic E-state index is 0. The van der Waals surface area contributed by atoms with E-state index in [2.05, 4.69) is 35.9 Å². The molecule has 1 aliphatic carbocycles. The standard InChI is InChI=1S/C30H30FN9O2.H2S/c1-18-13-25(39-38-18)36-24-14-21-5-4-12-32-27(21)28(37-24)20-8-10-30(42-3,11-9-20)29(41)35-19(2)22-6-7-26(33-15-22)40-17-23(31)16-34-40;/h4-8,12-17,19H,9-11H2,1-3H3,(H,35,41)(H2,36,37,38,39);1H2/t19-,30?;/m0./s1. The Bertz CT molecular complexity index is 1790. The molecule has 0 spiro atoms. The smallest absolute Gasteiger partial charge is 0.253 e. The third kappa shape index (κ3) is 6.13. The number of rotatable bonds is 8. The van der Waals surface area contributed by atoms with Gasteiger partial charge >= 0.3 is 0 Å². The fourth-order valence-corrected chi connectivity index (χ4v) is 5.14. The summed E-state index contributed by atoms with van der Waals surface area (Å²) < 4.78 is 20.5. The largest absolute Gasteiger partial charge is 0.368 e. The number of anilines is 2. The maximum absolute atomic E-state index is 13.6. The molecule has 0 aliphatic heterocycles. The maximum Gasteiger partial charge on any atom is 0.253 e. The second kappa shape index (κ2) is 12.3. The third-order valence-electron chi connectivity index (χ3n) is 7.54. The van der Waals surface area contributed by atoms with Crippen molar-refractivity contribution in [2.75, 3.05) is 12.4 Å². The number of aromatic amines is 1. The Labute approximate surface area is 254 Å². The molecule has 5 aromatic rings. The molecule has 5 aromatic heterocycles. The number of hydrogen-bond acceptors (Lipinski definition) is 8. The molecule has 11 nitrogen and oxygen atoms in total. The van der Waals surface area contributed by atoms with Crippen LogP contribution in [0.1, 0.15) is 49.2 Å². The summed E-state index contributed by atoms with van der Waals surface area (Å²) in [5.74, 6) is 1.17. The van der Waals surface area contributed by atoms with Gasteiger partial charge in [0.05, 0.1) is 29.6 Å². The average molecular weight is 602 g/mol. The van der Waals surface area contributed by atoms with Crippen LogP contribution in [0.4, 0.5) is 16.0 Å². The van der Waals surface area contributed by atoms with E-state index < -0.39 is 11.4 Å². The molecule has 222 valence electrons. The van der Waals surface area contributed by atoms with E-state index in [1.54, 1.807) is 25.6 Å². The lowest BCUT2D eigenvalue weighted by Crippen LogP contribution is -2.49. The number of methoxy groups -OCH3 is 1. The first kappa shape index (κ1) is 29.9. The summed E-state index contributed by atoms with van der Waals surface area (Å²) in [5.41, 5.74) is 3.29. The third-order valence-corrected chi connectivity index (χ3v) is 7.54. The number of allylic oxidation sites excluding steroid dienone is 1. The van der Waals surface area contributed by atoms with E-state index in [-0.39, 0.29) is 25.4 Å². The Kier molecular flexibility index (Phi) is 8.55. The molecule has 1 aliphatic rings. The van der Waals surface area contributed by atoms with Crippen LogP contribution < -0.4 is 10.6 Å². The van der Waals surface area contributed by atoms with Crippen LogP contribution in [0.25, 0.3) is 22.3 Å². The van der Waals surface area contributed by atoms with Gasteiger partial charge in [-0.05, 0) is 56.0 Å². The van der Waals surface area contributed by atoms with Gasteiger partial charge in [0.15, 0.2) is 17.5 Å². The van der Waals surface area contributed by atoms with Crippen LogP contribution in [0.5, 0.6) is 0 Å². The zero-order valence-corrected chi connectivity index (χ0v) is 24.9. The van der Waals surface area contributed by atoms with Crippen LogP contribution in [0.3, 0.4) is 0 Å². The van der Waals surface area contributed by atoms with Gasteiger partial charge in [0, 0.05) is 43.1 Å². The predicted octanol–water partition coefficient (Wildman–Crippen LogP) is 5.07. The number of nitrogens with one attached hydrogen (secondary N) is 3. The molecule has 5 heterocycles. The van der Waals surface area contributed by atoms with Gasteiger partial charge in [-0.1, -0.05) is 18.2 Å². The molecule has 1 amide bonds. The Morgan fingerprint density at radius 3 is 2.70 bits per heavy atom. The number of carbonyl (C=O) groups excluding carboxylic acids is 1. The lowest BCUT2D eigenvalue weighted by atomic mass is 9.82. The van der Waals surface area contributed by atoms with Gasteiger partial charge in [0.25, 0.3) is 5.91 Å². The van der Waals surface area contributed by atoms with Gasteiger partial charge in [-0.25, -0.2) is 19.0 Å². The normalized spacial score (nSPS) is 17.2. The Morgan fingerprint density at radius 1 is 1.19 bits per heavy atom. The van der Waals surface area contributed by atoms with E-state index in [1.807, 2.05) is 50.3 Å². The van der Waals surface area contributed by atoms with E-state index in [0.717, 1.165) is 39.6 Å². The summed E-state index contributed by atoms with van der Waals surface area (Å²) in [5, 5.41) is 18.4. The molecule has 1 unspecified atom stereocenters. The zero-order chi connectivity index (χ0) is 29.3. The lowest BCUT2D eigenvalue weighted by molar-refractivity contribution is -0.145. The molecule has 3 N–H and O–H groups in total. The van der Waals surface area contributed by atoms with Crippen molar-refractivity contribution in [3.8, 4) is 5.82 Å². The van der Waals surface area contributed by atoms with E-state index >= 15 is 0 Å². The molecule has 43 heavy (non-hydrogen) atoms. The Morgan fingerprint density at radius 2 is 2.05 bits per heavy atom. The molecular weight excluding hydrogens is 569 g/mol. The van der Waals surface area contributed by atoms with Crippen molar-refractivity contribution in [3.63, 3.8) is 0 Å². The lowest BCUT2D eigenvalue weighted by Gasteiger charge is -2.35. The first-order chi connectivity index (χ1) is 20.3. The fraction of sp³-hybridized carbons (Fsp3) is 0.267. The fourth-order valence-electron chi connectivity index (χ4n) is 5.14. The number of hydrogen-bond donors (Lipinski definition) is 3. The SMILES string of the molecule is COC1(C(=O)N[C@@H](C)c2ccc(-n3cc(F)cn3)nc2)CC=C(c2nc(Nc3cc(C)[nH]n3)cc3cccnc23)CC1.S. The monoisotopic (exact) mass is 601 g/mol. The van der Waals surface area contributed by atoms with Gasteiger partial charge in [0.1, 0.15) is 11.4 Å². The van der Waals surface area contributed by atoms with Crippen molar-refractivity contribution in [3.05, 3.63) is 90.0 Å². The summed E-state index contributed by atoms with van der Waals surface area (Å²) in [7, 11) is 1.56. The molecule has 0 radical (unpaired) electrons. The van der Waals surface area contributed by atoms with Gasteiger partial charge in [-0.3, -0.25) is 14.9 Å². The van der Waals surface area contributed by atoms with Crippen molar-refractivity contribution < 1.29 is 13.9 Å². The van der Waals surface area contributed by atoms with E-state index in [0.29, 0.717) is 36.7 Å². The highest BCUT2D eigenvalue weighted by Gasteiger charge is 2.40. The highest BCUT2D eigenvalue weighted by atomic mass is 32.1. The number of ether oxygens (including phenoxy) is 1. The Hall–Kier alpha value is -4.62. The van der Waals surface area contributed by atoms with Crippen molar-refractivity contribution >= 4 is 47.5 Å². The summed E-state index contributed by atoms with van der Waals surface area (Å²) in [4.78, 5) is 27.4. The van der Waals surface area contributed by atoms with Crippen LogP contribution in [0.2, 0.25) is 0 Å². The summed E-state index contributed by atoms with van der Waals surface area (Å²) >= 11 is 0. The minimum atomic E-state index is -1.02. The van der Waals surface area contributed by atoms with E-state index in [1.165, 1.54) is 10.9 Å². The number of aryl methyl sites for hydroxylation is 1. The van der Waals surface area contributed by atoms with E-state index in [4.69, 9.17) is 9.72 Å². The number of pyridine rings is 3. The first-order valence-corrected chi connectivity index (χ1v) is 13.6. The van der Waals surface area contributed by atoms with Gasteiger partial charge < -0.3 is 15.4 Å². The summed E-state index contributed by atoms with van der Waals surface area (Å²) in [6.07, 6.45) is 9.23. The molecule has 0 saturated carbocycles. The second-order valence-electron chi connectivity index (χ2n) is 10.4. The first-order valence-electron chi connectivity index (χ1n) is 13.6. The number of carbonyl (C=O) groups is 1. The topological polar surface area (TPSA) is 136 Å². The number of H-pyrrole nitrogens is 1. The van der Waals surface area contributed by atoms with Gasteiger partial charge in [-0.15, -0.1) is 0 Å². The van der Waals surface area contributed by atoms with E-state index in [9.17, 15) is 9.18 Å². The number of fused-ring (bicyclic) bond motifs is 1. The highest BCUT2D eigenvalue weighted by molar-refractivity contribution is 7.59. The van der Waals surface area contributed by atoms with Crippen LogP contribution in [-0.4, -0.2) is 53.5 Å². The van der Waals surface area contributed by atoms with Crippen LogP contribution in [0, 0.1) is 12.7 Å². The van der Waals surface area contributed by atoms with Crippen molar-refractivity contribution in [2.45, 2.75) is 44.8 Å². The second-order valence-corrected chi connectivity index (χ2v) is 10.4. The molecule has 0 aromatic carbocycles. The minimum Gasteiger partial charge on any atom is -0.368 e. The molecule has 6 rings (SSSR count). The number of amides is 1. The van der Waals surface area contributed by atoms with Crippen LogP contribution >= 0.6 is 13.5 Å². The zero-order valence-electron chi connectivity index (χ0n) is 23.9. The van der Waals surface area contributed by atoms with Gasteiger partial charge in [0.2, 0.25) is 0 Å². The molecule has 13 heteroatoms.